The highest BCUT2D eigenvalue weighted by atomic mass is 16.5. The summed E-state index contributed by atoms with van der Waals surface area (Å²) in [5.41, 5.74) is 2.12. The molecule has 7 nitrogen and oxygen atoms in total. The average Bonchev–Trinajstić information content (AvgIpc) is 3.49. The zero-order valence-corrected chi connectivity index (χ0v) is 16.6. The number of methoxy groups -OCH3 is 1. The van der Waals surface area contributed by atoms with Crippen LogP contribution >= 0.6 is 0 Å². The summed E-state index contributed by atoms with van der Waals surface area (Å²) in [6.07, 6.45) is 3.66. The Hall–Kier alpha value is -3.48. The fourth-order valence-electron chi connectivity index (χ4n) is 4.62. The molecule has 1 saturated heterocycles. The number of ether oxygens (including phenoxy) is 1. The van der Waals surface area contributed by atoms with E-state index in [0.717, 1.165) is 23.0 Å². The molecule has 7 heteroatoms. The van der Waals surface area contributed by atoms with E-state index in [1.807, 2.05) is 36.4 Å². The third kappa shape index (κ3) is 3.07. The molecule has 2 atom stereocenters. The molecule has 2 aromatic heterocycles. The van der Waals surface area contributed by atoms with Crippen LogP contribution in [-0.4, -0.2) is 36.1 Å². The van der Waals surface area contributed by atoms with Crippen molar-refractivity contribution in [2.45, 2.75) is 37.9 Å². The number of hydrogen-bond acceptors (Lipinski definition) is 5. The number of amides is 2. The summed E-state index contributed by atoms with van der Waals surface area (Å²) >= 11 is 0. The Balaban J connectivity index is 1.49. The summed E-state index contributed by atoms with van der Waals surface area (Å²) in [6.45, 7) is 0.301. The maximum absolute atomic E-state index is 13.0. The average molecular weight is 406 g/mol. The summed E-state index contributed by atoms with van der Waals surface area (Å²) in [5.74, 6) is 0.934. The van der Waals surface area contributed by atoms with Gasteiger partial charge < -0.3 is 23.8 Å². The van der Waals surface area contributed by atoms with E-state index in [1.54, 1.807) is 17.2 Å². The van der Waals surface area contributed by atoms with Gasteiger partial charge in [-0.15, -0.1) is 0 Å². The van der Waals surface area contributed by atoms with Crippen LogP contribution in [0.15, 0.2) is 63.1 Å². The van der Waals surface area contributed by atoms with Crippen LogP contribution < -0.4 is 5.32 Å². The molecule has 154 valence electrons. The number of rotatable bonds is 4. The molecule has 0 saturated carbocycles. The Morgan fingerprint density at radius 2 is 2.07 bits per heavy atom. The zero-order chi connectivity index (χ0) is 20.7. The van der Waals surface area contributed by atoms with E-state index in [2.05, 4.69) is 5.32 Å². The second-order valence-corrected chi connectivity index (χ2v) is 7.63. The number of nitrogens with zero attached hydrogens (tertiary/aromatic N) is 1. The van der Waals surface area contributed by atoms with Crippen LogP contribution in [0, 0.1) is 0 Å². The molecule has 0 spiro atoms. The first kappa shape index (κ1) is 18.5. The first-order valence-electron chi connectivity index (χ1n) is 10.0. The van der Waals surface area contributed by atoms with Crippen LogP contribution in [0.4, 0.5) is 4.79 Å². The molecule has 0 unspecified atom stereocenters. The van der Waals surface area contributed by atoms with Crippen LogP contribution in [0.2, 0.25) is 0 Å². The number of para-hydroxylation sites is 1. The van der Waals surface area contributed by atoms with Gasteiger partial charge in [0.2, 0.25) is 0 Å². The monoisotopic (exact) mass is 406 g/mol. The van der Waals surface area contributed by atoms with E-state index in [0.29, 0.717) is 36.5 Å². The van der Waals surface area contributed by atoms with Crippen molar-refractivity contribution in [2.75, 3.05) is 7.11 Å². The number of urea groups is 1. The molecule has 2 amide bonds. The van der Waals surface area contributed by atoms with Crippen molar-refractivity contribution >= 4 is 28.5 Å². The van der Waals surface area contributed by atoms with E-state index in [1.165, 1.54) is 7.11 Å². The highest BCUT2D eigenvalue weighted by Crippen LogP contribution is 2.44. The number of esters is 1. The lowest BCUT2D eigenvalue weighted by Gasteiger charge is -2.36. The van der Waals surface area contributed by atoms with Gasteiger partial charge in [0.1, 0.15) is 17.1 Å². The van der Waals surface area contributed by atoms with Crippen molar-refractivity contribution in [3.63, 3.8) is 0 Å². The smallest absolute Gasteiger partial charge is 0.336 e. The molecular weight excluding hydrogens is 384 g/mol. The molecule has 2 aliphatic heterocycles. The number of carbonyl (C=O) groups excluding carboxylic acids is 2. The quantitative estimate of drug-likeness (QED) is 0.660. The van der Waals surface area contributed by atoms with Gasteiger partial charge in [0.15, 0.2) is 0 Å². The maximum Gasteiger partial charge on any atom is 0.336 e. The van der Waals surface area contributed by atoms with Gasteiger partial charge in [0.05, 0.1) is 31.5 Å². The highest BCUT2D eigenvalue weighted by molar-refractivity contribution is 6.01. The van der Waals surface area contributed by atoms with Crippen LogP contribution in [0.5, 0.6) is 0 Å². The Labute approximate surface area is 173 Å². The third-order valence-electron chi connectivity index (χ3n) is 5.96. The molecule has 1 fully saturated rings. The number of nitrogens with one attached hydrogen (secondary N) is 1. The van der Waals surface area contributed by atoms with Crippen molar-refractivity contribution in [1.29, 1.82) is 0 Å². The van der Waals surface area contributed by atoms with Gasteiger partial charge in [-0.1, -0.05) is 18.2 Å². The maximum atomic E-state index is 13.0. The molecule has 0 radical (unpaired) electrons. The van der Waals surface area contributed by atoms with Crippen molar-refractivity contribution in [3.8, 4) is 0 Å². The summed E-state index contributed by atoms with van der Waals surface area (Å²) < 4.78 is 16.4. The fourth-order valence-corrected chi connectivity index (χ4v) is 4.62. The van der Waals surface area contributed by atoms with Crippen molar-refractivity contribution in [1.82, 2.24) is 10.2 Å². The molecule has 5 rings (SSSR count). The second-order valence-electron chi connectivity index (χ2n) is 7.63. The van der Waals surface area contributed by atoms with E-state index >= 15 is 0 Å². The van der Waals surface area contributed by atoms with Crippen LogP contribution in [0.1, 0.15) is 30.8 Å². The van der Waals surface area contributed by atoms with E-state index in [9.17, 15) is 9.59 Å². The lowest BCUT2D eigenvalue weighted by molar-refractivity contribution is -0.136. The predicted molar refractivity (Wildman–Crippen MR) is 109 cm³/mol. The van der Waals surface area contributed by atoms with Crippen LogP contribution in [-0.2, 0) is 16.1 Å². The molecule has 1 N–H and O–H groups in total. The molecular formula is C23H22N2O5. The lowest BCUT2D eigenvalue weighted by Crippen LogP contribution is -2.50. The third-order valence-corrected chi connectivity index (χ3v) is 5.96. The van der Waals surface area contributed by atoms with Gasteiger partial charge in [0, 0.05) is 17.0 Å². The van der Waals surface area contributed by atoms with Gasteiger partial charge >= 0.3 is 12.0 Å². The van der Waals surface area contributed by atoms with Gasteiger partial charge in [-0.25, -0.2) is 9.59 Å². The topological polar surface area (TPSA) is 84.9 Å². The summed E-state index contributed by atoms with van der Waals surface area (Å²) in [5, 5.41) is 3.89. The highest BCUT2D eigenvalue weighted by Gasteiger charge is 2.47. The fraction of sp³-hybridized carbons (Fsp3) is 0.304. The van der Waals surface area contributed by atoms with Gasteiger partial charge in [-0.2, -0.15) is 0 Å². The Bertz CT molecular complexity index is 1090. The predicted octanol–water partition coefficient (Wildman–Crippen LogP) is 4.10. The van der Waals surface area contributed by atoms with Gasteiger partial charge in [0.25, 0.3) is 0 Å². The lowest BCUT2D eigenvalue weighted by atomic mass is 9.91. The minimum absolute atomic E-state index is 0.00298. The standard InChI is InChI=1S/C23H22N2O5/c1-28-22(26)21-17(20-11-14-5-2-3-7-19(14)30-20)12-15-8-9-18(21)25(15)23(27)24-13-16-6-4-10-29-16/h2-7,10-11,15,18H,8-9,12-13H2,1H3,(H,24,27)/t15-,18+/m0/s1. The van der Waals surface area contributed by atoms with Crippen LogP contribution in [0.25, 0.3) is 16.5 Å². The van der Waals surface area contributed by atoms with E-state index in [4.69, 9.17) is 13.6 Å². The molecule has 0 aliphatic carbocycles. The molecule has 2 bridgehead atoms. The SMILES string of the molecule is COC(=O)C1=C(c2cc3ccccc3o2)C[C@@H]2CC[C@H]1N2C(=O)NCc1ccco1. The first-order valence-corrected chi connectivity index (χ1v) is 10.0. The molecule has 2 aliphatic rings. The van der Waals surface area contributed by atoms with E-state index in [-0.39, 0.29) is 18.1 Å². The summed E-state index contributed by atoms with van der Waals surface area (Å²) in [6, 6.07) is 12.8. The molecule has 1 aromatic carbocycles. The van der Waals surface area contributed by atoms with Crippen molar-refractivity contribution < 1.29 is 23.2 Å². The second kappa shape index (κ2) is 7.40. The summed E-state index contributed by atoms with van der Waals surface area (Å²) in [7, 11) is 1.37. The van der Waals surface area contributed by atoms with Gasteiger partial charge in [-0.3, -0.25) is 0 Å². The first-order chi connectivity index (χ1) is 14.7. The number of hydrogen-bond donors (Lipinski definition) is 1. The number of carbonyl (C=O) groups is 2. The number of furan rings is 2. The Kier molecular flexibility index (Phi) is 4.58. The normalized spacial score (nSPS) is 20.6. The largest absolute Gasteiger partial charge is 0.467 e. The summed E-state index contributed by atoms with van der Waals surface area (Å²) in [4.78, 5) is 27.5. The molecule has 3 aromatic rings. The van der Waals surface area contributed by atoms with Gasteiger partial charge in [-0.05, 0) is 43.5 Å². The Morgan fingerprint density at radius 3 is 2.83 bits per heavy atom. The molecule has 4 heterocycles. The van der Waals surface area contributed by atoms with E-state index < -0.39 is 5.97 Å². The number of benzene rings is 1. The van der Waals surface area contributed by atoms with Crippen molar-refractivity contribution in [2.24, 2.45) is 0 Å². The minimum Gasteiger partial charge on any atom is -0.467 e. The zero-order valence-electron chi connectivity index (χ0n) is 16.6. The minimum atomic E-state index is -0.417. The van der Waals surface area contributed by atoms with Crippen molar-refractivity contribution in [3.05, 3.63) is 65.8 Å². The van der Waals surface area contributed by atoms with Crippen LogP contribution in [0.3, 0.4) is 0 Å². The molecule has 30 heavy (non-hydrogen) atoms. The number of fused-ring (bicyclic) bond motifs is 3. The Morgan fingerprint density at radius 1 is 1.20 bits per heavy atom.